The second-order valence-electron chi connectivity index (χ2n) is 3.91. The molecular weight excluding hydrogens is 184 g/mol. The van der Waals surface area contributed by atoms with E-state index >= 15 is 0 Å². The van der Waals surface area contributed by atoms with Gasteiger partial charge in [0.15, 0.2) is 0 Å². The summed E-state index contributed by atoms with van der Waals surface area (Å²) in [5.41, 5.74) is 15.0. The molecule has 0 amide bonds. The highest BCUT2D eigenvalue weighted by molar-refractivity contribution is 5.49. The summed E-state index contributed by atoms with van der Waals surface area (Å²) in [6.07, 6.45) is 8.17. The number of benzene rings is 1. The van der Waals surface area contributed by atoms with Crippen molar-refractivity contribution in [1.82, 2.24) is 0 Å². The molecule has 0 aromatic heterocycles. The van der Waals surface area contributed by atoms with Crippen molar-refractivity contribution >= 4 is 5.69 Å². The fraction of sp³-hybridized carbons (Fsp3) is 0.231. The van der Waals surface area contributed by atoms with Crippen molar-refractivity contribution in [3.63, 3.8) is 0 Å². The average Bonchev–Trinajstić information content (AvgIpc) is 2.25. The zero-order chi connectivity index (χ0) is 10.7. The molecule has 1 atom stereocenters. The number of hydrogen-bond donors (Lipinski definition) is 2. The molecule has 0 fully saturated rings. The molecule has 0 spiro atoms. The van der Waals surface area contributed by atoms with Gasteiger partial charge in [-0.2, -0.15) is 0 Å². The van der Waals surface area contributed by atoms with Gasteiger partial charge in [0.05, 0.1) is 0 Å². The van der Waals surface area contributed by atoms with Crippen molar-refractivity contribution in [2.45, 2.75) is 18.9 Å². The Bertz CT molecular complexity index is 405. The summed E-state index contributed by atoms with van der Waals surface area (Å²) in [7, 11) is 0. The summed E-state index contributed by atoms with van der Waals surface area (Å²) in [6, 6.07) is 8.17. The van der Waals surface area contributed by atoms with Gasteiger partial charge in [0, 0.05) is 11.7 Å². The normalized spacial score (nSPS) is 20.1. The van der Waals surface area contributed by atoms with E-state index in [1.165, 1.54) is 11.1 Å². The van der Waals surface area contributed by atoms with Crippen LogP contribution in [0.4, 0.5) is 5.69 Å². The van der Waals surface area contributed by atoms with Crippen molar-refractivity contribution in [3.8, 4) is 0 Å². The van der Waals surface area contributed by atoms with Crippen LogP contribution < -0.4 is 11.5 Å². The number of rotatable bonds is 2. The summed E-state index contributed by atoms with van der Waals surface area (Å²) in [6.45, 7) is 0. The van der Waals surface area contributed by atoms with Gasteiger partial charge in [-0.15, -0.1) is 0 Å². The molecule has 0 saturated heterocycles. The Hall–Kier alpha value is -1.54. The van der Waals surface area contributed by atoms with E-state index in [2.05, 4.69) is 24.3 Å². The van der Waals surface area contributed by atoms with Crippen LogP contribution in [0.3, 0.4) is 0 Å². The molecule has 4 N–H and O–H groups in total. The Kier molecular flexibility index (Phi) is 2.88. The summed E-state index contributed by atoms with van der Waals surface area (Å²) >= 11 is 0. The van der Waals surface area contributed by atoms with Crippen LogP contribution in [0.15, 0.2) is 48.1 Å². The molecular formula is C13H16N2. The van der Waals surface area contributed by atoms with E-state index in [9.17, 15) is 0 Å². The first-order valence-electron chi connectivity index (χ1n) is 5.22. The molecule has 1 aliphatic carbocycles. The molecule has 0 aliphatic heterocycles. The Morgan fingerprint density at radius 3 is 2.73 bits per heavy atom. The monoisotopic (exact) mass is 200 g/mol. The molecule has 2 rings (SSSR count). The van der Waals surface area contributed by atoms with Crippen molar-refractivity contribution in [2.24, 2.45) is 5.73 Å². The first-order valence-corrected chi connectivity index (χ1v) is 5.22. The van der Waals surface area contributed by atoms with Crippen molar-refractivity contribution in [2.75, 3.05) is 5.73 Å². The topological polar surface area (TPSA) is 52.0 Å². The highest BCUT2D eigenvalue weighted by Crippen LogP contribution is 2.18. The van der Waals surface area contributed by atoms with E-state index in [-0.39, 0.29) is 6.04 Å². The molecule has 0 saturated carbocycles. The first kappa shape index (κ1) is 9.99. The molecule has 78 valence electrons. The predicted molar refractivity (Wildman–Crippen MR) is 64.4 cm³/mol. The minimum absolute atomic E-state index is 0.182. The summed E-state index contributed by atoms with van der Waals surface area (Å²) in [5.74, 6) is 0. The van der Waals surface area contributed by atoms with Gasteiger partial charge in [-0.25, -0.2) is 0 Å². The Labute approximate surface area is 90.3 Å². The number of nitrogen functional groups attached to an aromatic ring is 1. The minimum Gasteiger partial charge on any atom is -0.398 e. The van der Waals surface area contributed by atoms with Crippen LogP contribution in [0.25, 0.3) is 0 Å². The Balaban J connectivity index is 2.10. The van der Waals surface area contributed by atoms with E-state index in [1.54, 1.807) is 0 Å². The molecule has 1 aromatic carbocycles. The lowest BCUT2D eigenvalue weighted by molar-refractivity contribution is 0.813. The predicted octanol–water partition coefficient (Wildman–Crippen LogP) is 2.02. The third-order valence-corrected chi connectivity index (χ3v) is 2.66. The summed E-state index contributed by atoms with van der Waals surface area (Å²) in [4.78, 5) is 0. The van der Waals surface area contributed by atoms with E-state index in [1.807, 2.05) is 18.2 Å². The van der Waals surface area contributed by atoms with E-state index in [0.29, 0.717) is 0 Å². The zero-order valence-electron chi connectivity index (χ0n) is 8.69. The Morgan fingerprint density at radius 2 is 2.07 bits per heavy atom. The smallest absolute Gasteiger partial charge is 0.0349 e. The molecule has 1 aliphatic rings. The van der Waals surface area contributed by atoms with Crippen LogP contribution in [-0.2, 0) is 6.42 Å². The third kappa shape index (κ3) is 2.48. The second-order valence-corrected chi connectivity index (χ2v) is 3.91. The van der Waals surface area contributed by atoms with Gasteiger partial charge in [-0.1, -0.05) is 36.4 Å². The number of anilines is 1. The van der Waals surface area contributed by atoms with Crippen molar-refractivity contribution in [1.29, 1.82) is 0 Å². The lowest BCUT2D eigenvalue weighted by atomic mass is 9.97. The fourth-order valence-electron chi connectivity index (χ4n) is 1.73. The number of allylic oxidation sites excluding steroid dienone is 2. The third-order valence-electron chi connectivity index (χ3n) is 2.66. The van der Waals surface area contributed by atoms with Gasteiger partial charge in [0.2, 0.25) is 0 Å². The van der Waals surface area contributed by atoms with Crippen molar-refractivity contribution < 1.29 is 0 Å². The Morgan fingerprint density at radius 1 is 1.27 bits per heavy atom. The maximum Gasteiger partial charge on any atom is 0.0349 e. The van der Waals surface area contributed by atoms with Gasteiger partial charge in [0.1, 0.15) is 0 Å². The van der Waals surface area contributed by atoms with Gasteiger partial charge < -0.3 is 11.5 Å². The van der Waals surface area contributed by atoms with Crippen LogP contribution in [0.5, 0.6) is 0 Å². The molecule has 15 heavy (non-hydrogen) atoms. The molecule has 2 nitrogen and oxygen atoms in total. The first-order chi connectivity index (χ1) is 7.25. The van der Waals surface area contributed by atoms with Gasteiger partial charge in [-0.05, 0) is 30.0 Å². The van der Waals surface area contributed by atoms with Gasteiger partial charge in [-0.3, -0.25) is 0 Å². The highest BCUT2D eigenvalue weighted by Gasteiger charge is 2.05. The quantitative estimate of drug-likeness (QED) is 0.718. The van der Waals surface area contributed by atoms with Crippen LogP contribution in [0.1, 0.15) is 12.0 Å². The fourth-order valence-corrected chi connectivity index (χ4v) is 1.73. The summed E-state index contributed by atoms with van der Waals surface area (Å²) in [5, 5.41) is 0. The average molecular weight is 200 g/mol. The maximum absolute atomic E-state index is 5.89. The number of para-hydroxylation sites is 1. The highest BCUT2D eigenvalue weighted by atomic mass is 14.6. The van der Waals surface area contributed by atoms with Crippen LogP contribution in [0.2, 0.25) is 0 Å². The van der Waals surface area contributed by atoms with Gasteiger partial charge in [0.25, 0.3) is 0 Å². The van der Waals surface area contributed by atoms with Crippen LogP contribution in [-0.4, -0.2) is 6.04 Å². The standard InChI is InChI=1S/C13H16N2/c14-12-7-5-10(6-8-12)9-11-3-1-2-4-13(11)15/h1-7,12H,8-9,14-15H2. The molecule has 0 bridgehead atoms. The number of hydrogen-bond acceptors (Lipinski definition) is 2. The van der Waals surface area contributed by atoms with Gasteiger partial charge >= 0.3 is 0 Å². The van der Waals surface area contributed by atoms with E-state index in [4.69, 9.17) is 11.5 Å². The van der Waals surface area contributed by atoms with Crippen LogP contribution in [0, 0.1) is 0 Å². The molecule has 0 radical (unpaired) electrons. The molecule has 2 heteroatoms. The SMILES string of the molecule is Nc1ccccc1CC1=CCC(N)C=C1. The van der Waals surface area contributed by atoms with Crippen molar-refractivity contribution in [3.05, 3.63) is 53.6 Å². The number of nitrogens with two attached hydrogens (primary N) is 2. The zero-order valence-corrected chi connectivity index (χ0v) is 8.69. The molecule has 1 aromatic rings. The second kappa shape index (κ2) is 4.32. The lowest BCUT2D eigenvalue weighted by Crippen LogP contribution is -2.17. The maximum atomic E-state index is 5.89. The minimum atomic E-state index is 0.182. The van der Waals surface area contributed by atoms with Crippen LogP contribution >= 0.6 is 0 Å². The largest absolute Gasteiger partial charge is 0.398 e. The summed E-state index contributed by atoms with van der Waals surface area (Å²) < 4.78 is 0. The molecule has 1 unspecified atom stereocenters. The van der Waals surface area contributed by atoms with E-state index in [0.717, 1.165) is 18.5 Å². The molecule has 0 heterocycles. The van der Waals surface area contributed by atoms with E-state index < -0.39 is 0 Å². The lowest BCUT2D eigenvalue weighted by Gasteiger charge is -2.12.